The number of aromatic amines is 1. The number of carbonyl (C=O) groups excluding carboxylic acids is 2. The van der Waals surface area contributed by atoms with E-state index in [2.05, 4.69) is 27.9 Å². The molecule has 7 heteroatoms. The highest BCUT2D eigenvalue weighted by Gasteiger charge is 2.17. The molecule has 3 aromatic rings. The second-order valence-electron chi connectivity index (χ2n) is 7.10. The molecule has 4 rings (SSSR count). The third-order valence-corrected chi connectivity index (χ3v) is 4.93. The van der Waals surface area contributed by atoms with Gasteiger partial charge in [0.1, 0.15) is 0 Å². The number of nitrogens with one attached hydrogen (secondary N) is 2. The van der Waals surface area contributed by atoms with Gasteiger partial charge in [0.2, 0.25) is 5.91 Å². The summed E-state index contributed by atoms with van der Waals surface area (Å²) < 4.78 is 5.36. The number of nitrogens with zero attached hydrogens (tertiary/aromatic N) is 2. The number of fused-ring (bicyclic) bond motifs is 2. The Morgan fingerprint density at radius 3 is 3.03 bits per heavy atom. The number of hydrogen-bond donors (Lipinski definition) is 2. The Kier molecular flexibility index (Phi) is 5.34. The topological polar surface area (TPSA) is 87.3 Å². The Morgan fingerprint density at radius 2 is 2.20 bits per heavy atom. The fraction of sp³-hybridized carbons (Fsp3) is 0.174. The molecule has 1 aliphatic rings. The molecule has 1 aromatic carbocycles. The van der Waals surface area contributed by atoms with Gasteiger partial charge < -0.3 is 19.9 Å². The van der Waals surface area contributed by atoms with Gasteiger partial charge in [0.15, 0.2) is 18.2 Å². The summed E-state index contributed by atoms with van der Waals surface area (Å²) in [5, 5.41) is 3.79. The molecular weight excluding hydrogens is 380 g/mol. The predicted molar refractivity (Wildman–Crippen MR) is 116 cm³/mol. The van der Waals surface area contributed by atoms with Crippen LogP contribution >= 0.6 is 0 Å². The van der Waals surface area contributed by atoms with E-state index in [4.69, 9.17) is 4.74 Å². The van der Waals surface area contributed by atoms with Gasteiger partial charge in [-0.2, -0.15) is 0 Å². The van der Waals surface area contributed by atoms with Crippen LogP contribution in [0.3, 0.4) is 0 Å². The summed E-state index contributed by atoms with van der Waals surface area (Å²) in [5.41, 5.74) is 3.92. The molecule has 0 atom stereocenters. The van der Waals surface area contributed by atoms with Gasteiger partial charge in [0.25, 0.3) is 5.91 Å². The second kappa shape index (κ2) is 8.24. The fourth-order valence-electron chi connectivity index (χ4n) is 3.44. The van der Waals surface area contributed by atoms with Crippen molar-refractivity contribution in [2.75, 3.05) is 19.0 Å². The van der Waals surface area contributed by atoms with Gasteiger partial charge in [0, 0.05) is 35.9 Å². The summed E-state index contributed by atoms with van der Waals surface area (Å²) in [6.07, 6.45) is 7.36. The quantitative estimate of drug-likeness (QED) is 0.489. The number of likely N-dealkylation sites (N-methyl/N-ethyl adjacent to an activating group) is 1. The van der Waals surface area contributed by atoms with E-state index in [0.717, 1.165) is 28.6 Å². The molecule has 7 nitrogen and oxygen atoms in total. The van der Waals surface area contributed by atoms with E-state index < -0.39 is 0 Å². The first-order chi connectivity index (χ1) is 14.5. The molecule has 0 saturated carbocycles. The van der Waals surface area contributed by atoms with Crippen molar-refractivity contribution in [3.8, 4) is 5.75 Å². The Balaban J connectivity index is 1.48. The highest BCUT2D eigenvalue weighted by Crippen LogP contribution is 2.27. The molecule has 0 bridgehead atoms. The maximum Gasteiger partial charge on any atom is 0.263 e. The van der Waals surface area contributed by atoms with Gasteiger partial charge in [0.05, 0.1) is 6.54 Å². The molecular formula is C23H22N4O3. The van der Waals surface area contributed by atoms with Crippen LogP contribution < -0.4 is 10.1 Å². The molecule has 0 aliphatic carbocycles. The number of rotatable bonds is 6. The number of anilines is 1. The molecule has 2 amide bonds. The number of pyridine rings is 1. The van der Waals surface area contributed by atoms with Gasteiger partial charge in [-0.15, -0.1) is 6.58 Å². The molecule has 3 heterocycles. The molecule has 0 spiro atoms. The lowest BCUT2D eigenvalue weighted by molar-refractivity contribution is -0.125. The largest absolute Gasteiger partial charge is 0.480 e. The van der Waals surface area contributed by atoms with Crippen molar-refractivity contribution in [2.24, 2.45) is 0 Å². The lowest BCUT2D eigenvalue weighted by atomic mass is 10.1. The number of amides is 2. The summed E-state index contributed by atoms with van der Waals surface area (Å²) in [7, 11) is 1.76. The first-order valence-electron chi connectivity index (χ1n) is 9.60. The molecule has 2 N–H and O–H groups in total. The molecule has 30 heavy (non-hydrogen) atoms. The number of hydrogen-bond acceptors (Lipinski definition) is 4. The zero-order valence-corrected chi connectivity index (χ0v) is 16.6. The summed E-state index contributed by atoms with van der Waals surface area (Å²) >= 11 is 0. The van der Waals surface area contributed by atoms with Crippen LogP contribution in [-0.2, 0) is 22.6 Å². The number of para-hydroxylation sites is 1. The first-order valence-corrected chi connectivity index (χ1v) is 9.60. The Morgan fingerprint density at radius 1 is 1.37 bits per heavy atom. The molecule has 2 aromatic heterocycles. The van der Waals surface area contributed by atoms with E-state index in [1.165, 1.54) is 6.08 Å². The zero-order chi connectivity index (χ0) is 21.1. The lowest BCUT2D eigenvalue weighted by Crippen LogP contribution is -2.26. The van der Waals surface area contributed by atoms with Gasteiger partial charge in [-0.3, -0.25) is 9.59 Å². The standard InChI is InChI=1S/C23H22N4O3/c1-3-6-16-17-7-4-5-8-18(17)25-19(16)13-27(2)22(29)10-9-15-11-20-23(24-12-15)26-21(28)14-30-20/h3-5,7-12,25H,1,6,13-14H2,2H3,(H,24,26,28)/b10-9+. The minimum Gasteiger partial charge on any atom is -0.480 e. The van der Waals surface area contributed by atoms with E-state index >= 15 is 0 Å². The van der Waals surface area contributed by atoms with Crippen LogP contribution in [-0.4, -0.2) is 40.3 Å². The van der Waals surface area contributed by atoms with Crippen LogP contribution in [0.2, 0.25) is 0 Å². The van der Waals surface area contributed by atoms with Gasteiger partial charge in [-0.25, -0.2) is 4.98 Å². The molecule has 0 fully saturated rings. The molecule has 1 aliphatic heterocycles. The van der Waals surface area contributed by atoms with Crippen molar-refractivity contribution in [1.82, 2.24) is 14.9 Å². The Bertz CT molecular complexity index is 1160. The number of ether oxygens (including phenoxy) is 1. The average Bonchev–Trinajstić information content (AvgIpc) is 3.09. The number of aromatic nitrogens is 2. The normalized spacial score (nSPS) is 13.0. The van der Waals surface area contributed by atoms with Gasteiger partial charge >= 0.3 is 0 Å². The third-order valence-electron chi connectivity index (χ3n) is 4.93. The van der Waals surface area contributed by atoms with Crippen molar-refractivity contribution in [3.63, 3.8) is 0 Å². The summed E-state index contributed by atoms with van der Waals surface area (Å²) in [4.78, 5) is 33.2. The highest BCUT2D eigenvalue weighted by molar-refractivity contribution is 5.95. The highest BCUT2D eigenvalue weighted by atomic mass is 16.5. The molecule has 0 unspecified atom stereocenters. The maximum atomic E-state index is 12.6. The van der Waals surface area contributed by atoms with Crippen LogP contribution in [0, 0.1) is 0 Å². The van der Waals surface area contributed by atoms with E-state index in [1.807, 2.05) is 24.3 Å². The van der Waals surface area contributed by atoms with Crippen LogP contribution in [0.15, 0.2) is 55.3 Å². The number of H-pyrrole nitrogens is 1. The van der Waals surface area contributed by atoms with E-state index in [9.17, 15) is 9.59 Å². The zero-order valence-electron chi connectivity index (χ0n) is 16.6. The lowest BCUT2D eigenvalue weighted by Gasteiger charge is -2.17. The minimum absolute atomic E-state index is 0.0406. The monoisotopic (exact) mass is 402 g/mol. The Labute approximate surface area is 174 Å². The minimum atomic E-state index is -0.233. The van der Waals surface area contributed by atoms with Gasteiger partial charge in [-0.05, 0) is 35.8 Å². The van der Waals surface area contributed by atoms with Crippen molar-refractivity contribution in [1.29, 1.82) is 0 Å². The number of benzene rings is 1. The van der Waals surface area contributed by atoms with Crippen LogP contribution in [0.25, 0.3) is 17.0 Å². The van der Waals surface area contributed by atoms with Crippen LogP contribution in [0.4, 0.5) is 5.82 Å². The van der Waals surface area contributed by atoms with E-state index in [0.29, 0.717) is 23.7 Å². The molecule has 0 saturated heterocycles. The van der Waals surface area contributed by atoms with E-state index in [-0.39, 0.29) is 18.4 Å². The summed E-state index contributed by atoms with van der Waals surface area (Å²) in [5.74, 6) is 0.512. The summed E-state index contributed by atoms with van der Waals surface area (Å²) in [6.45, 7) is 4.27. The van der Waals surface area contributed by atoms with Gasteiger partial charge in [-0.1, -0.05) is 24.3 Å². The predicted octanol–water partition coefficient (Wildman–Crippen LogP) is 3.29. The van der Waals surface area contributed by atoms with Crippen LogP contribution in [0.5, 0.6) is 5.75 Å². The SMILES string of the molecule is C=CCc1c(CN(C)C(=O)/C=C/c2cnc3c(c2)OCC(=O)N3)[nH]c2ccccc12. The van der Waals surface area contributed by atoms with Crippen LogP contribution in [0.1, 0.15) is 16.8 Å². The Hall–Kier alpha value is -3.87. The smallest absolute Gasteiger partial charge is 0.263 e. The second-order valence-corrected chi connectivity index (χ2v) is 7.10. The van der Waals surface area contributed by atoms with Crippen molar-refractivity contribution in [3.05, 3.63) is 72.1 Å². The third kappa shape index (κ3) is 3.96. The first kappa shape index (κ1) is 19.4. The van der Waals surface area contributed by atoms with Crippen molar-refractivity contribution < 1.29 is 14.3 Å². The maximum absolute atomic E-state index is 12.6. The molecule has 0 radical (unpaired) electrons. The number of carbonyl (C=O) groups is 2. The fourth-order valence-corrected chi connectivity index (χ4v) is 3.44. The molecule has 152 valence electrons. The van der Waals surface area contributed by atoms with Crippen molar-refractivity contribution >= 4 is 34.6 Å². The van der Waals surface area contributed by atoms with Crippen molar-refractivity contribution in [2.45, 2.75) is 13.0 Å². The van der Waals surface area contributed by atoms with E-state index in [1.54, 1.807) is 30.3 Å². The summed E-state index contributed by atoms with van der Waals surface area (Å²) in [6, 6.07) is 9.83. The average molecular weight is 402 g/mol. The number of allylic oxidation sites excluding steroid dienone is 1.